The van der Waals surface area contributed by atoms with Crippen molar-refractivity contribution >= 4 is 11.8 Å². The van der Waals surface area contributed by atoms with E-state index in [0.29, 0.717) is 5.75 Å². The molecule has 0 unspecified atom stereocenters. The van der Waals surface area contributed by atoms with E-state index in [2.05, 4.69) is 4.98 Å². The molecule has 0 amide bonds. The summed E-state index contributed by atoms with van der Waals surface area (Å²) in [5.74, 6) is -2.07. The third kappa shape index (κ3) is 6.91. The molecular formula is C25H32FNO6. The number of carbonyl (C=O) groups excluding carboxylic acids is 2. The van der Waals surface area contributed by atoms with Gasteiger partial charge in [-0.25, -0.2) is 9.37 Å². The van der Waals surface area contributed by atoms with Gasteiger partial charge in [-0.05, 0) is 37.8 Å². The average Bonchev–Trinajstić information content (AvgIpc) is 2.79. The number of nitrogens with zero attached hydrogens (tertiary/aromatic N) is 1. The van der Waals surface area contributed by atoms with E-state index in [9.17, 15) is 19.1 Å². The monoisotopic (exact) mass is 461 g/mol. The summed E-state index contributed by atoms with van der Waals surface area (Å²) in [6.45, 7) is 7.33. The van der Waals surface area contributed by atoms with Gasteiger partial charge in [0.15, 0.2) is 23.0 Å². The van der Waals surface area contributed by atoms with Crippen molar-refractivity contribution in [3.05, 3.63) is 48.0 Å². The molecule has 0 aliphatic heterocycles. The molecular weight excluding hydrogens is 429 g/mol. The zero-order chi connectivity index (χ0) is 24.5. The molecule has 0 aliphatic carbocycles. The first kappa shape index (κ1) is 26.1. The number of aromatic nitrogens is 1. The van der Waals surface area contributed by atoms with Crippen molar-refractivity contribution in [3.63, 3.8) is 0 Å². The van der Waals surface area contributed by atoms with E-state index in [-0.39, 0.29) is 29.5 Å². The van der Waals surface area contributed by atoms with E-state index < -0.39 is 35.7 Å². The van der Waals surface area contributed by atoms with Gasteiger partial charge in [-0.2, -0.15) is 0 Å². The largest absolute Gasteiger partial charge is 0.503 e. The van der Waals surface area contributed by atoms with Gasteiger partial charge in [0.2, 0.25) is 0 Å². The van der Waals surface area contributed by atoms with Gasteiger partial charge in [-0.3, -0.25) is 9.59 Å². The normalized spacial score (nSPS) is 13.8. The molecule has 1 N–H and O–H groups in total. The van der Waals surface area contributed by atoms with Crippen molar-refractivity contribution in [2.45, 2.75) is 59.2 Å². The minimum absolute atomic E-state index is 0.0749. The maximum atomic E-state index is 13.6. The zero-order valence-corrected chi connectivity index (χ0v) is 19.7. The summed E-state index contributed by atoms with van der Waals surface area (Å²) in [5.41, 5.74) is -0.161. The van der Waals surface area contributed by atoms with Crippen LogP contribution in [0.2, 0.25) is 0 Å². The third-order valence-electron chi connectivity index (χ3n) is 5.61. The number of rotatable bonds is 12. The van der Waals surface area contributed by atoms with E-state index in [4.69, 9.17) is 14.2 Å². The number of aromatic hydroxyl groups is 1. The molecule has 0 saturated carbocycles. The van der Waals surface area contributed by atoms with Gasteiger partial charge in [-0.1, -0.05) is 26.8 Å². The van der Waals surface area contributed by atoms with Crippen LogP contribution in [-0.2, 0) is 9.53 Å². The first-order valence-electron chi connectivity index (χ1n) is 11.1. The Balaban J connectivity index is 2.09. The molecule has 8 heteroatoms. The second-order valence-electron chi connectivity index (χ2n) is 8.00. The summed E-state index contributed by atoms with van der Waals surface area (Å²) in [4.78, 5) is 29.2. The fourth-order valence-electron chi connectivity index (χ4n) is 3.66. The Bertz CT molecular complexity index is 946. The fourth-order valence-corrected chi connectivity index (χ4v) is 3.66. The topological polar surface area (TPSA) is 95.0 Å². The second kappa shape index (κ2) is 12.2. The Morgan fingerprint density at radius 3 is 2.45 bits per heavy atom. The van der Waals surface area contributed by atoms with Gasteiger partial charge in [0.1, 0.15) is 23.8 Å². The van der Waals surface area contributed by atoms with Crippen molar-refractivity contribution < 1.29 is 33.3 Å². The van der Waals surface area contributed by atoms with E-state index in [1.165, 1.54) is 31.5 Å². The molecule has 0 fully saturated rings. The van der Waals surface area contributed by atoms with Crippen molar-refractivity contribution in [3.8, 4) is 17.2 Å². The molecule has 0 aliphatic rings. The number of hydrogen-bond acceptors (Lipinski definition) is 7. The van der Waals surface area contributed by atoms with E-state index in [1.807, 2.05) is 13.8 Å². The molecule has 1 aromatic heterocycles. The quantitative estimate of drug-likeness (QED) is 0.353. The highest BCUT2D eigenvalue weighted by atomic mass is 19.1. The van der Waals surface area contributed by atoms with Crippen LogP contribution in [0, 0.1) is 17.7 Å². The lowest BCUT2D eigenvalue weighted by Gasteiger charge is -2.31. The molecule has 0 radical (unpaired) electrons. The highest BCUT2D eigenvalue weighted by molar-refractivity contribution is 5.99. The predicted octanol–water partition coefficient (Wildman–Crippen LogP) is 4.96. The summed E-state index contributed by atoms with van der Waals surface area (Å²) in [7, 11) is 1.37. The number of ketones is 1. The minimum atomic E-state index is -0.774. The van der Waals surface area contributed by atoms with E-state index in [1.54, 1.807) is 26.0 Å². The van der Waals surface area contributed by atoms with Crippen LogP contribution in [0.4, 0.5) is 4.39 Å². The number of Topliss-reactive ketones (excluding diaryl/α,β-unsaturated/α-hetero) is 1. The first-order chi connectivity index (χ1) is 15.7. The van der Waals surface area contributed by atoms with Crippen LogP contribution >= 0.6 is 0 Å². The summed E-state index contributed by atoms with van der Waals surface area (Å²) in [6, 6.07) is 7.26. The van der Waals surface area contributed by atoms with E-state index in [0.717, 1.165) is 12.8 Å². The molecule has 0 saturated heterocycles. The number of methoxy groups -OCH3 is 1. The van der Waals surface area contributed by atoms with Crippen LogP contribution in [0.1, 0.15) is 57.4 Å². The molecule has 1 aromatic carbocycles. The molecule has 0 bridgehead atoms. The zero-order valence-electron chi connectivity index (χ0n) is 19.7. The number of carbonyl (C=O) groups is 2. The molecule has 1 heterocycles. The Hall–Kier alpha value is -3.16. The van der Waals surface area contributed by atoms with Gasteiger partial charge in [0.05, 0.1) is 13.0 Å². The first-order valence-corrected chi connectivity index (χ1v) is 11.1. The van der Waals surface area contributed by atoms with Crippen molar-refractivity contribution in [2.75, 3.05) is 7.11 Å². The van der Waals surface area contributed by atoms with Gasteiger partial charge in [0, 0.05) is 24.8 Å². The third-order valence-corrected chi connectivity index (χ3v) is 5.61. The number of hydrogen-bond donors (Lipinski definition) is 1. The van der Waals surface area contributed by atoms with Gasteiger partial charge in [-0.15, -0.1) is 0 Å². The Morgan fingerprint density at radius 2 is 1.85 bits per heavy atom. The molecule has 33 heavy (non-hydrogen) atoms. The number of esters is 1. The lowest BCUT2D eigenvalue weighted by atomic mass is 9.92. The predicted molar refractivity (Wildman–Crippen MR) is 121 cm³/mol. The summed E-state index contributed by atoms with van der Waals surface area (Å²) in [6.07, 6.45) is 1.60. The van der Waals surface area contributed by atoms with Crippen molar-refractivity contribution in [1.29, 1.82) is 0 Å². The van der Waals surface area contributed by atoms with E-state index >= 15 is 0 Å². The smallest absolute Gasteiger partial charge is 0.309 e. The highest BCUT2D eigenvalue weighted by Gasteiger charge is 2.32. The van der Waals surface area contributed by atoms with Crippen molar-refractivity contribution in [1.82, 2.24) is 4.98 Å². The molecule has 3 atom stereocenters. The molecule has 2 rings (SSSR count). The van der Waals surface area contributed by atoms with Crippen LogP contribution in [0.3, 0.4) is 0 Å². The molecule has 0 spiro atoms. The van der Waals surface area contributed by atoms with Gasteiger partial charge < -0.3 is 19.3 Å². The maximum absolute atomic E-state index is 13.6. The van der Waals surface area contributed by atoms with Crippen LogP contribution in [0.25, 0.3) is 0 Å². The lowest BCUT2D eigenvalue weighted by molar-refractivity contribution is -0.158. The second-order valence-corrected chi connectivity index (χ2v) is 8.00. The molecule has 180 valence electrons. The lowest BCUT2D eigenvalue weighted by Crippen LogP contribution is -2.40. The Labute approximate surface area is 193 Å². The fraction of sp³-hybridized carbons (Fsp3) is 0.480. The SMILES string of the molecule is CCC(CC)[C@@H](Oc1cccc(F)c1)[C@H](C)OC(=O)[C@H](C)CC(=O)c1nccc(OC)c1O. The van der Waals surface area contributed by atoms with Crippen LogP contribution in [-0.4, -0.2) is 41.2 Å². The van der Waals surface area contributed by atoms with Gasteiger partial charge >= 0.3 is 5.97 Å². The van der Waals surface area contributed by atoms with Gasteiger partial charge in [0.25, 0.3) is 0 Å². The van der Waals surface area contributed by atoms with Crippen molar-refractivity contribution in [2.24, 2.45) is 11.8 Å². The summed E-state index contributed by atoms with van der Waals surface area (Å²) >= 11 is 0. The number of halogens is 1. The Kier molecular flexibility index (Phi) is 9.63. The number of ether oxygens (including phenoxy) is 3. The minimum Gasteiger partial charge on any atom is -0.503 e. The molecule has 7 nitrogen and oxygen atoms in total. The average molecular weight is 462 g/mol. The molecule has 2 aromatic rings. The highest BCUT2D eigenvalue weighted by Crippen LogP contribution is 2.29. The summed E-state index contributed by atoms with van der Waals surface area (Å²) in [5, 5.41) is 10.1. The number of pyridine rings is 1. The van der Waals surface area contributed by atoms with Crippen LogP contribution < -0.4 is 9.47 Å². The number of benzene rings is 1. The van der Waals surface area contributed by atoms with Crippen LogP contribution in [0.5, 0.6) is 17.2 Å². The maximum Gasteiger partial charge on any atom is 0.309 e. The standard InChI is InChI=1S/C25H32FNO6/c1-6-17(7-2)24(33-19-10-8-9-18(26)14-19)16(4)32-25(30)15(3)13-20(28)22-23(29)21(31-5)11-12-27-22/h8-12,14-17,24,29H,6-7,13H2,1-5H3/t15-,16+,24+/m1/s1. The van der Waals surface area contributed by atoms with Crippen LogP contribution in [0.15, 0.2) is 36.5 Å². The summed E-state index contributed by atoms with van der Waals surface area (Å²) < 4.78 is 30.3. The Morgan fingerprint density at radius 1 is 1.15 bits per heavy atom.